The molecular weight excluding hydrogens is 166 g/mol. The number of nitrogens with one attached hydrogen (secondary N) is 1. The lowest BCUT2D eigenvalue weighted by Crippen LogP contribution is -2.49. The molecule has 13 heavy (non-hydrogen) atoms. The average molecular weight is 185 g/mol. The first kappa shape index (κ1) is 10.5. The second kappa shape index (κ2) is 3.29. The van der Waals surface area contributed by atoms with E-state index in [1.807, 2.05) is 7.05 Å². The number of rotatable bonds is 2. The van der Waals surface area contributed by atoms with Gasteiger partial charge >= 0.3 is 5.97 Å². The number of likely N-dealkylation sites (N-methyl/N-ethyl adjacent to an activating group) is 1. The van der Waals surface area contributed by atoms with Gasteiger partial charge in [0.25, 0.3) is 0 Å². The van der Waals surface area contributed by atoms with Crippen molar-refractivity contribution in [2.75, 3.05) is 14.2 Å². The first-order valence-corrected chi connectivity index (χ1v) is 4.73. The minimum Gasteiger partial charge on any atom is -0.468 e. The third-order valence-corrected chi connectivity index (χ3v) is 3.06. The lowest BCUT2D eigenvalue weighted by atomic mass is 9.88. The van der Waals surface area contributed by atoms with E-state index >= 15 is 0 Å². The zero-order valence-electron chi connectivity index (χ0n) is 8.94. The topological polar surface area (TPSA) is 38.3 Å². The molecule has 0 saturated heterocycles. The van der Waals surface area contributed by atoms with Crippen LogP contribution in [0.1, 0.15) is 33.1 Å². The molecule has 0 aliphatic heterocycles. The second-order valence-electron chi connectivity index (χ2n) is 4.66. The number of carbonyl (C=O) groups is 1. The zero-order valence-corrected chi connectivity index (χ0v) is 8.94. The Morgan fingerprint density at radius 3 is 2.31 bits per heavy atom. The monoisotopic (exact) mass is 185 g/mol. The summed E-state index contributed by atoms with van der Waals surface area (Å²) in [6, 6.07) is 0. The molecule has 1 rings (SSSR count). The molecule has 0 bridgehead atoms. The number of hydrogen-bond donors (Lipinski definition) is 1. The number of esters is 1. The minimum atomic E-state index is -0.432. The normalized spacial score (nSPS) is 31.7. The van der Waals surface area contributed by atoms with Crippen LogP contribution >= 0.6 is 0 Å². The third kappa shape index (κ3) is 1.85. The summed E-state index contributed by atoms with van der Waals surface area (Å²) in [5.74, 6) is -0.124. The summed E-state index contributed by atoms with van der Waals surface area (Å²) in [6.45, 7) is 4.38. The molecule has 1 fully saturated rings. The van der Waals surface area contributed by atoms with Gasteiger partial charge in [-0.3, -0.25) is 4.79 Å². The van der Waals surface area contributed by atoms with Gasteiger partial charge in [-0.25, -0.2) is 0 Å². The molecule has 3 nitrogen and oxygen atoms in total. The first-order valence-electron chi connectivity index (χ1n) is 4.73. The zero-order chi connectivity index (χ0) is 10.1. The third-order valence-electron chi connectivity index (χ3n) is 3.06. The maximum Gasteiger partial charge on any atom is 0.326 e. The molecule has 1 aliphatic rings. The summed E-state index contributed by atoms with van der Waals surface area (Å²) >= 11 is 0. The van der Waals surface area contributed by atoms with E-state index < -0.39 is 5.54 Å². The van der Waals surface area contributed by atoms with Crippen molar-refractivity contribution >= 4 is 5.97 Å². The fraction of sp³-hybridized carbons (Fsp3) is 0.900. The Morgan fingerprint density at radius 1 is 1.38 bits per heavy atom. The van der Waals surface area contributed by atoms with E-state index in [-0.39, 0.29) is 11.4 Å². The average Bonchev–Trinajstić information content (AvgIpc) is 2.41. The highest BCUT2D eigenvalue weighted by Crippen LogP contribution is 2.43. The number of hydrogen-bond acceptors (Lipinski definition) is 3. The number of ether oxygens (including phenoxy) is 1. The lowest BCUT2D eigenvalue weighted by molar-refractivity contribution is -0.148. The van der Waals surface area contributed by atoms with Gasteiger partial charge in [-0.15, -0.1) is 0 Å². The molecule has 0 heterocycles. The largest absolute Gasteiger partial charge is 0.468 e. The Labute approximate surface area is 79.8 Å². The molecule has 0 amide bonds. The Kier molecular flexibility index (Phi) is 2.66. The molecule has 76 valence electrons. The van der Waals surface area contributed by atoms with E-state index in [0.717, 1.165) is 19.3 Å². The minimum absolute atomic E-state index is 0.124. The van der Waals surface area contributed by atoms with E-state index in [1.165, 1.54) is 7.11 Å². The lowest BCUT2D eigenvalue weighted by Gasteiger charge is -2.27. The Bertz CT molecular complexity index is 213. The molecule has 1 aliphatic carbocycles. The fourth-order valence-electron chi connectivity index (χ4n) is 2.23. The van der Waals surface area contributed by atoms with Crippen LogP contribution < -0.4 is 5.32 Å². The van der Waals surface area contributed by atoms with Crippen LogP contribution in [0.5, 0.6) is 0 Å². The molecule has 0 aromatic rings. The molecular formula is C10H19NO2. The highest BCUT2D eigenvalue weighted by molar-refractivity contribution is 5.81. The molecule has 0 spiro atoms. The van der Waals surface area contributed by atoms with Gasteiger partial charge in [0, 0.05) is 0 Å². The van der Waals surface area contributed by atoms with Crippen molar-refractivity contribution in [2.45, 2.75) is 38.6 Å². The van der Waals surface area contributed by atoms with Crippen molar-refractivity contribution in [1.82, 2.24) is 5.32 Å². The standard InChI is InChI=1S/C10H19NO2/c1-9(2)5-6-10(7-9,11-3)8(12)13-4/h11H,5-7H2,1-4H3. The van der Waals surface area contributed by atoms with Gasteiger partial charge in [-0.2, -0.15) is 0 Å². The predicted octanol–water partition coefficient (Wildman–Crippen LogP) is 1.33. The van der Waals surface area contributed by atoms with Crippen LogP contribution in [0.2, 0.25) is 0 Å². The van der Waals surface area contributed by atoms with Gasteiger partial charge in [0.1, 0.15) is 5.54 Å². The van der Waals surface area contributed by atoms with Crippen molar-refractivity contribution in [2.24, 2.45) is 5.41 Å². The van der Waals surface area contributed by atoms with E-state index in [4.69, 9.17) is 4.74 Å². The van der Waals surface area contributed by atoms with Crippen molar-refractivity contribution in [3.8, 4) is 0 Å². The fourth-order valence-corrected chi connectivity index (χ4v) is 2.23. The Hall–Kier alpha value is -0.570. The number of methoxy groups -OCH3 is 1. The molecule has 1 N–H and O–H groups in total. The van der Waals surface area contributed by atoms with E-state index in [9.17, 15) is 4.79 Å². The highest BCUT2D eigenvalue weighted by atomic mass is 16.5. The molecule has 1 atom stereocenters. The van der Waals surface area contributed by atoms with Crippen molar-refractivity contribution in [1.29, 1.82) is 0 Å². The van der Waals surface area contributed by atoms with Crippen molar-refractivity contribution in [3.05, 3.63) is 0 Å². The Morgan fingerprint density at radius 2 is 2.00 bits per heavy atom. The van der Waals surface area contributed by atoms with Gasteiger partial charge in [0.05, 0.1) is 7.11 Å². The highest BCUT2D eigenvalue weighted by Gasteiger charge is 2.48. The van der Waals surface area contributed by atoms with Gasteiger partial charge in [-0.05, 0) is 31.7 Å². The summed E-state index contributed by atoms with van der Waals surface area (Å²) < 4.78 is 4.82. The summed E-state index contributed by atoms with van der Waals surface area (Å²) in [5, 5.41) is 3.11. The summed E-state index contributed by atoms with van der Waals surface area (Å²) in [6.07, 6.45) is 2.81. The summed E-state index contributed by atoms with van der Waals surface area (Å²) in [5.41, 5.74) is -0.185. The SMILES string of the molecule is CNC1(C(=O)OC)CCC(C)(C)C1. The van der Waals surface area contributed by atoms with Crippen LogP contribution in [0.3, 0.4) is 0 Å². The predicted molar refractivity (Wildman–Crippen MR) is 51.4 cm³/mol. The maximum atomic E-state index is 11.6. The number of carbonyl (C=O) groups excluding carboxylic acids is 1. The van der Waals surface area contributed by atoms with Crippen LogP contribution in [0.4, 0.5) is 0 Å². The maximum absolute atomic E-state index is 11.6. The van der Waals surface area contributed by atoms with E-state index in [2.05, 4.69) is 19.2 Å². The summed E-state index contributed by atoms with van der Waals surface area (Å²) in [7, 11) is 3.28. The van der Waals surface area contributed by atoms with E-state index in [0.29, 0.717) is 0 Å². The van der Waals surface area contributed by atoms with Crippen molar-refractivity contribution in [3.63, 3.8) is 0 Å². The quantitative estimate of drug-likeness (QED) is 0.659. The molecule has 0 aromatic carbocycles. The van der Waals surface area contributed by atoms with Crippen LogP contribution in [0, 0.1) is 5.41 Å². The van der Waals surface area contributed by atoms with Crippen LogP contribution in [0.25, 0.3) is 0 Å². The van der Waals surface area contributed by atoms with Crippen LogP contribution in [-0.2, 0) is 9.53 Å². The summed E-state index contributed by atoms with van der Waals surface area (Å²) in [4.78, 5) is 11.6. The van der Waals surface area contributed by atoms with Crippen LogP contribution in [0.15, 0.2) is 0 Å². The molecule has 1 saturated carbocycles. The van der Waals surface area contributed by atoms with Gasteiger partial charge < -0.3 is 10.1 Å². The molecule has 0 radical (unpaired) electrons. The van der Waals surface area contributed by atoms with E-state index in [1.54, 1.807) is 0 Å². The van der Waals surface area contributed by atoms with Crippen molar-refractivity contribution < 1.29 is 9.53 Å². The van der Waals surface area contributed by atoms with Gasteiger partial charge in [0.15, 0.2) is 0 Å². The van der Waals surface area contributed by atoms with Gasteiger partial charge in [0.2, 0.25) is 0 Å². The second-order valence-corrected chi connectivity index (χ2v) is 4.66. The Balaban J connectivity index is 2.80. The molecule has 1 unspecified atom stereocenters. The van der Waals surface area contributed by atoms with Gasteiger partial charge in [-0.1, -0.05) is 13.8 Å². The molecule has 0 aromatic heterocycles. The smallest absolute Gasteiger partial charge is 0.326 e. The first-order chi connectivity index (χ1) is 5.96. The van der Waals surface area contributed by atoms with Crippen LogP contribution in [-0.4, -0.2) is 25.7 Å². The molecule has 3 heteroatoms.